The van der Waals surface area contributed by atoms with Crippen LogP contribution in [-0.2, 0) is 13.0 Å². The van der Waals surface area contributed by atoms with Crippen LogP contribution in [0.4, 0.5) is 4.39 Å². The number of guanidine groups is 1. The number of hydrogen-bond donors (Lipinski definition) is 2. The lowest BCUT2D eigenvalue weighted by Gasteiger charge is -2.15. The largest absolute Gasteiger partial charge is 0.444 e. The molecule has 0 unspecified atom stereocenters. The van der Waals surface area contributed by atoms with Crippen molar-refractivity contribution < 1.29 is 8.81 Å². The molecule has 33 heavy (non-hydrogen) atoms. The normalized spacial score (nSPS) is 11.6. The van der Waals surface area contributed by atoms with Crippen molar-refractivity contribution in [2.75, 3.05) is 13.6 Å². The van der Waals surface area contributed by atoms with E-state index in [9.17, 15) is 4.39 Å². The molecule has 0 radical (unpaired) electrons. The Labute approximate surface area is 192 Å². The second-order valence-electron chi connectivity index (χ2n) is 7.72. The summed E-state index contributed by atoms with van der Waals surface area (Å²) in [4.78, 5) is 8.79. The van der Waals surface area contributed by atoms with Gasteiger partial charge in [0.1, 0.15) is 12.1 Å². The SMILES string of the molecule is CN=C(NCCc1coc(-c2ccc(F)cc2)n1)NCc1ccccc1-n1nc(C)cc1C. The van der Waals surface area contributed by atoms with Crippen molar-refractivity contribution in [1.82, 2.24) is 25.4 Å². The van der Waals surface area contributed by atoms with E-state index in [0.29, 0.717) is 31.4 Å². The van der Waals surface area contributed by atoms with E-state index in [1.165, 1.54) is 12.1 Å². The van der Waals surface area contributed by atoms with E-state index in [1.54, 1.807) is 25.4 Å². The fourth-order valence-corrected chi connectivity index (χ4v) is 3.60. The highest BCUT2D eigenvalue weighted by atomic mass is 19.1. The van der Waals surface area contributed by atoms with Gasteiger partial charge in [0.2, 0.25) is 5.89 Å². The molecule has 0 amide bonds. The number of rotatable bonds is 7. The van der Waals surface area contributed by atoms with Gasteiger partial charge in [0.05, 0.1) is 17.1 Å². The minimum absolute atomic E-state index is 0.286. The lowest BCUT2D eigenvalue weighted by atomic mass is 10.1. The van der Waals surface area contributed by atoms with Crippen molar-refractivity contribution in [3.05, 3.63) is 89.3 Å². The summed E-state index contributed by atoms with van der Waals surface area (Å²) in [7, 11) is 1.74. The first kappa shape index (κ1) is 22.3. The van der Waals surface area contributed by atoms with Crippen LogP contribution >= 0.6 is 0 Å². The molecule has 0 aliphatic carbocycles. The number of aliphatic imine (C=N–C) groups is 1. The zero-order valence-corrected chi connectivity index (χ0v) is 19.0. The summed E-state index contributed by atoms with van der Waals surface area (Å²) in [6, 6.07) is 16.3. The molecule has 0 saturated carbocycles. The average molecular weight is 447 g/mol. The number of para-hydroxylation sites is 1. The number of aryl methyl sites for hydroxylation is 2. The number of hydrogen-bond acceptors (Lipinski definition) is 4. The number of aromatic nitrogens is 3. The molecule has 0 atom stereocenters. The van der Waals surface area contributed by atoms with Gasteiger partial charge in [-0.15, -0.1) is 0 Å². The van der Waals surface area contributed by atoms with E-state index in [-0.39, 0.29) is 5.82 Å². The van der Waals surface area contributed by atoms with Crippen molar-refractivity contribution in [2.45, 2.75) is 26.8 Å². The first-order valence-corrected chi connectivity index (χ1v) is 10.8. The highest BCUT2D eigenvalue weighted by Gasteiger charge is 2.10. The summed E-state index contributed by atoms with van der Waals surface area (Å²) >= 11 is 0. The predicted molar refractivity (Wildman–Crippen MR) is 127 cm³/mol. The van der Waals surface area contributed by atoms with Gasteiger partial charge in [0, 0.05) is 37.8 Å². The number of benzene rings is 2. The molecule has 0 aliphatic rings. The van der Waals surface area contributed by atoms with Crippen molar-refractivity contribution in [1.29, 1.82) is 0 Å². The van der Waals surface area contributed by atoms with Crippen molar-refractivity contribution in [3.8, 4) is 17.1 Å². The molecule has 2 heterocycles. The predicted octanol–water partition coefficient (Wildman–Crippen LogP) is 4.19. The van der Waals surface area contributed by atoms with Gasteiger partial charge in [0.15, 0.2) is 5.96 Å². The molecule has 0 aliphatic heterocycles. The van der Waals surface area contributed by atoms with Crippen LogP contribution in [0.2, 0.25) is 0 Å². The third-order valence-corrected chi connectivity index (χ3v) is 5.22. The molecule has 8 heteroatoms. The van der Waals surface area contributed by atoms with Gasteiger partial charge in [-0.05, 0) is 55.8 Å². The van der Waals surface area contributed by atoms with Crippen molar-refractivity contribution in [2.24, 2.45) is 4.99 Å². The smallest absolute Gasteiger partial charge is 0.226 e. The Hall–Kier alpha value is -3.94. The lowest BCUT2D eigenvalue weighted by Crippen LogP contribution is -2.38. The fourth-order valence-electron chi connectivity index (χ4n) is 3.60. The minimum Gasteiger partial charge on any atom is -0.444 e. The van der Waals surface area contributed by atoms with E-state index in [0.717, 1.165) is 33.9 Å². The summed E-state index contributed by atoms with van der Waals surface area (Å²) in [5.41, 5.74) is 5.80. The Bertz CT molecular complexity index is 1240. The molecule has 0 spiro atoms. The Balaban J connectivity index is 1.32. The van der Waals surface area contributed by atoms with Gasteiger partial charge in [-0.1, -0.05) is 18.2 Å². The van der Waals surface area contributed by atoms with Gasteiger partial charge in [-0.3, -0.25) is 4.99 Å². The molecule has 2 N–H and O–H groups in total. The van der Waals surface area contributed by atoms with Crippen LogP contribution in [0.5, 0.6) is 0 Å². The highest BCUT2D eigenvalue weighted by molar-refractivity contribution is 5.79. The molecule has 0 fully saturated rings. The monoisotopic (exact) mass is 446 g/mol. The molecule has 4 aromatic rings. The number of oxazole rings is 1. The lowest BCUT2D eigenvalue weighted by molar-refractivity contribution is 0.571. The maximum atomic E-state index is 13.1. The second-order valence-corrected chi connectivity index (χ2v) is 7.72. The summed E-state index contributed by atoms with van der Waals surface area (Å²) in [6.45, 7) is 5.28. The van der Waals surface area contributed by atoms with Crippen molar-refractivity contribution in [3.63, 3.8) is 0 Å². The topological polar surface area (TPSA) is 80.3 Å². The molecule has 7 nitrogen and oxygen atoms in total. The van der Waals surface area contributed by atoms with Crippen molar-refractivity contribution >= 4 is 5.96 Å². The summed E-state index contributed by atoms with van der Waals surface area (Å²) in [5.74, 6) is 0.889. The van der Waals surface area contributed by atoms with Gasteiger partial charge in [-0.2, -0.15) is 5.10 Å². The minimum atomic E-state index is -0.286. The van der Waals surface area contributed by atoms with E-state index in [4.69, 9.17) is 4.42 Å². The standard InChI is InChI=1S/C25H27FN6O/c1-17-14-18(2)32(31-17)23-7-5-4-6-20(23)15-29-25(27-3)28-13-12-22-16-33-24(30-22)19-8-10-21(26)11-9-19/h4-11,14,16H,12-13,15H2,1-3H3,(H2,27,28,29). The molecular weight excluding hydrogens is 419 g/mol. The van der Waals surface area contributed by atoms with Gasteiger partial charge in [-0.25, -0.2) is 14.1 Å². The average Bonchev–Trinajstić information content (AvgIpc) is 3.42. The number of nitrogens with zero attached hydrogens (tertiary/aromatic N) is 4. The number of nitrogens with one attached hydrogen (secondary N) is 2. The third kappa shape index (κ3) is 5.46. The Morgan fingerprint density at radius 3 is 2.61 bits per heavy atom. The zero-order valence-electron chi connectivity index (χ0n) is 19.0. The Morgan fingerprint density at radius 1 is 1.09 bits per heavy atom. The first-order chi connectivity index (χ1) is 16.0. The van der Waals surface area contributed by atoms with E-state index in [1.807, 2.05) is 23.7 Å². The third-order valence-electron chi connectivity index (χ3n) is 5.22. The number of halogens is 1. The van der Waals surface area contributed by atoms with E-state index in [2.05, 4.69) is 50.8 Å². The molecule has 4 rings (SSSR count). The summed E-state index contributed by atoms with van der Waals surface area (Å²) in [5, 5.41) is 11.3. The van der Waals surface area contributed by atoms with Crippen LogP contribution in [0, 0.1) is 19.7 Å². The summed E-state index contributed by atoms with van der Waals surface area (Å²) < 4.78 is 20.6. The molecule has 0 saturated heterocycles. The maximum absolute atomic E-state index is 13.1. The Morgan fingerprint density at radius 2 is 1.88 bits per heavy atom. The van der Waals surface area contributed by atoms with E-state index >= 15 is 0 Å². The Kier molecular flexibility index (Phi) is 6.83. The molecule has 0 bridgehead atoms. The molecular formula is C25H27FN6O. The van der Waals surface area contributed by atoms with Gasteiger partial charge >= 0.3 is 0 Å². The van der Waals surface area contributed by atoms with Crippen LogP contribution in [0.25, 0.3) is 17.1 Å². The quantitative estimate of drug-likeness (QED) is 0.329. The van der Waals surface area contributed by atoms with Crippen LogP contribution in [0.1, 0.15) is 22.6 Å². The summed E-state index contributed by atoms with van der Waals surface area (Å²) in [6.07, 6.45) is 2.29. The van der Waals surface area contributed by atoms with Crippen LogP contribution in [0.3, 0.4) is 0 Å². The fraction of sp³-hybridized carbons (Fsp3) is 0.240. The second kappa shape index (κ2) is 10.1. The molecule has 2 aromatic carbocycles. The zero-order chi connectivity index (χ0) is 23.2. The highest BCUT2D eigenvalue weighted by Crippen LogP contribution is 2.19. The maximum Gasteiger partial charge on any atom is 0.226 e. The van der Waals surface area contributed by atoms with E-state index < -0.39 is 0 Å². The molecule has 2 aromatic heterocycles. The van der Waals surface area contributed by atoms with Crippen LogP contribution in [-0.4, -0.2) is 34.3 Å². The van der Waals surface area contributed by atoms with Crippen LogP contribution in [0.15, 0.2) is 70.3 Å². The first-order valence-electron chi connectivity index (χ1n) is 10.8. The van der Waals surface area contributed by atoms with Crippen LogP contribution < -0.4 is 10.6 Å². The molecule has 170 valence electrons. The van der Waals surface area contributed by atoms with Gasteiger partial charge in [0.25, 0.3) is 0 Å². The van der Waals surface area contributed by atoms with Gasteiger partial charge < -0.3 is 15.1 Å².